The third-order valence-corrected chi connectivity index (χ3v) is 1.78. The Kier molecular flexibility index (Phi) is 2.63. The van der Waals surface area contributed by atoms with E-state index in [1.807, 2.05) is 0 Å². The van der Waals surface area contributed by atoms with Gasteiger partial charge in [0.1, 0.15) is 12.9 Å². The van der Waals surface area contributed by atoms with Gasteiger partial charge in [0.25, 0.3) is 5.82 Å². The topological polar surface area (TPSA) is 95.9 Å². The standard InChI is InChI=1S/C8H9N5O3/c1-5-10-6(12-16-5)3-13-4-9-7(11-13)8(14)15-2/h4H,3H2,1-2H3. The first kappa shape index (κ1) is 10.3. The van der Waals surface area contributed by atoms with Crippen molar-refractivity contribution in [3.63, 3.8) is 0 Å². The molecule has 0 fully saturated rings. The van der Waals surface area contributed by atoms with Crippen molar-refractivity contribution >= 4 is 5.97 Å². The molecule has 0 saturated heterocycles. The van der Waals surface area contributed by atoms with Gasteiger partial charge in [0, 0.05) is 6.92 Å². The lowest BCUT2D eigenvalue weighted by molar-refractivity contribution is 0.0586. The van der Waals surface area contributed by atoms with E-state index in [0.717, 1.165) is 0 Å². The van der Waals surface area contributed by atoms with Gasteiger partial charge in [0.15, 0.2) is 5.82 Å². The molecular formula is C8H9N5O3. The van der Waals surface area contributed by atoms with E-state index >= 15 is 0 Å². The average molecular weight is 223 g/mol. The van der Waals surface area contributed by atoms with Gasteiger partial charge in [-0.1, -0.05) is 5.16 Å². The third kappa shape index (κ3) is 2.05. The summed E-state index contributed by atoms with van der Waals surface area (Å²) in [6.07, 6.45) is 1.40. The van der Waals surface area contributed by atoms with Gasteiger partial charge in [-0.25, -0.2) is 14.5 Å². The van der Waals surface area contributed by atoms with E-state index in [1.165, 1.54) is 18.1 Å². The molecular weight excluding hydrogens is 214 g/mol. The minimum atomic E-state index is -0.581. The monoisotopic (exact) mass is 223 g/mol. The van der Waals surface area contributed by atoms with Gasteiger partial charge in [-0.2, -0.15) is 4.98 Å². The summed E-state index contributed by atoms with van der Waals surface area (Å²) in [5, 5.41) is 7.59. The van der Waals surface area contributed by atoms with E-state index in [1.54, 1.807) is 6.92 Å². The predicted molar refractivity (Wildman–Crippen MR) is 49.5 cm³/mol. The van der Waals surface area contributed by atoms with Crippen LogP contribution in [-0.4, -0.2) is 38.0 Å². The van der Waals surface area contributed by atoms with Gasteiger partial charge in [-0.05, 0) is 0 Å². The van der Waals surface area contributed by atoms with Crippen molar-refractivity contribution < 1.29 is 14.1 Å². The Morgan fingerprint density at radius 2 is 2.44 bits per heavy atom. The van der Waals surface area contributed by atoms with Crippen LogP contribution in [0.5, 0.6) is 0 Å². The van der Waals surface area contributed by atoms with Gasteiger partial charge >= 0.3 is 5.97 Å². The molecule has 84 valence electrons. The zero-order valence-corrected chi connectivity index (χ0v) is 8.75. The van der Waals surface area contributed by atoms with E-state index in [-0.39, 0.29) is 5.82 Å². The molecule has 8 nitrogen and oxygen atoms in total. The van der Waals surface area contributed by atoms with Crippen molar-refractivity contribution in [2.24, 2.45) is 0 Å². The van der Waals surface area contributed by atoms with Gasteiger partial charge in [0.2, 0.25) is 5.89 Å². The second-order valence-corrected chi connectivity index (χ2v) is 2.99. The predicted octanol–water partition coefficient (Wildman–Crippen LogP) is -0.196. The number of aryl methyl sites for hydroxylation is 1. The van der Waals surface area contributed by atoms with Crippen LogP contribution in [-0.2, 0) is 11.3 Å². The zero-order chi connectivity index (χ0) is 11.5. The number of carbonyl (C=O) groups excluding carboxylic acids is 1. The smallest absolute Gasteiger partial charge is 0.377 e. The Balaban J connectivity index is 2.11. The fourth-order valence-corrected chi connectivity index (χ4v) is 1.11. The van der Waals surface area contributed by atoms with Crippen LogP contribution in [0.2, 0.25) is 0 Å². The number of methoxy groups -OCH3 is 1. The fraction of sp³-hybridized carbons (Fsp3) is 0.375. The summed E-state index contributed by atoms with van der Waals surface area (Å²) >= 11 is 0. The summed E-state index contributed by atoms with van der Waals surface area (Å²) in [7, 11) is 1.27. The van der Waals surface area contributed by atoms with E-state index < -0.39 is 5.97 Å². The van der Waals surface area contributed by atoms with Crippen molar-refractivity contribution in [3.05, 3.63) is 23.9 Å². The van der Waals surface area contributed by atoms with E-state index in [9.17, 15) is 4.79 Å². The molecule has 2 heterocycles. The van der Waals surface area contributed by atoms with Crippen LogP contribution in [0.1, 0.15) is 22.3 Å². The second-order valence-electron chi connectivity index (χ2n) is 2.99. The number of carbonyl (C=O) groups is 1. The number of rotatable bonds is 3. The largest absolute Gasteiger partial charge is 0.463 e. The van der Waals surface area contributed by atoms with Gasteiger partial charge in [-0.3, -0.25) is 0 Å². The molecule has 2 rings (SSSR count). The lowest BCUT2D eigenvalue weighted by Gasteiger charge is -1.93. The first-order valence-electron chi connectivity index (χ1n) is 4.46. The minimum Gasteiger partial charge on any atom is -0.463 e. The average Bonchev–Trinajstić information content (AvgIpc) is 2.87. The summed E-state index contributed by atoms with van der Waals surface area (Å²) in [5.41, 5.74) is 0. The molecule has 0 spiro atoms. The number of hydrogen-bond donors (Lipinski definition) is 0. The molecule has 0 amide bonds. The Morgan fingerprint density at radius 1 is 1.62 bits per heavy atom. The van der Waals surface area contributed by atoms with E-state index in [2.05, 4.69) is 25.0 Å². The van der Waals surface area contributed by atoms with Crippen LogP contribution in [0, 0.1) is 6.92 Å². The van der Waals surface area contributed by atoms with E-state index in [0.29, 0.717) is 18.3 Å². The fourth-order valence-electron chi connectivity index (χ4n) is 1.11. The van der Waals surface area contributed by atoms with Crippen molar-refractivity contribution in [2.75, 3.05) is 7.11 Å². The minimum absolute atomic E-state index is 0.00252. The maximum absolute atomic E-state index is 11.1. The number of hydrogen-bond acceptors (Lipinski definition) is 7. The maximum Gasteiger partial charge on any atom is 0.377 e. The highest BCUT2D eigenvalue weighted by Crippen LogP contribution is 1.99. The summed E-state index contributed by atoms with van der Waals surface area (Å²) in [4.78, 5) is 18.9. The summed E-state index contributed by atoms with van der Waals surface area (Å²) in [6, 6.07) is 0. The molecule has 8 heteroatoms. The van der Waals surface area contributed by atoms with Crippen molar-refractivity contribution in [3.8, 4) is 0 Å². The lowest BCUT2D eigenvalue weighted by Crippen LogP contribution is -2.07. The van der Waals surface area contributed by atoms with Crippen molar-refractivity contribution in [2.45, 2.75) is 13.5 Å². The number of aromatic nitrogens is 5. The molecule has 0 radical (unpaired) electrons. The van der Waals surface area contributed by atoms with Crippen molar-refractivity contribution in [1.29, 1.82) is 0 Å². The van der Waals surface area contributed by atoms with Gasteiger partial charge in [0.05, 0.1) is 7.11 Å². The SMILES string of the molecule is COC(=O)c1ncn(Cc2noc(C)n2)n1. The summed E-state index contributed by atoms with van der Waals surface area (Å²) in [5.74, 6) is 0.368. The molecule has 2 aromatic rings. The van der Waals surface area contributed by atoms with Gasteiger partial charge in [-0.15, -0.1) is 5.10 Å². The molecule has 0 N–H and O–H groups in total. The molecule has 16 heavy (non-hydrogen) atoms. The molecule has 0 aliphatic heterocycles. The highest BCUT2D eigenvalue weighted by Gasteiger charge is 2.12. The maximum atomic E-state index is 11.1. The molecule has 0 aromatic carbocycles. The highest BCUT2D eigenvalue weighted by atomic mass is 16.5. The number of nitrogens with zero attached hydrogens (tertiary/aromatic N) is 5. The van der Waals surface area contributed by atoms with Crippen LogP contribution >= 0.6 is 0 Å². The molecule has 0 saturated carbocycles. The number of esters is 1. The molecule has 0 unspecified atom stereocenters. The first-order chi connectivity index (χ1) is 7.69. The van der Waals surface area contributed by atoms with Crippen LogP contribution in [0.3, 0.4) is 0 Å². The lowest BCUT2D eigenvalue weighted by atomic mass is 10.6. The number of ether oxygens (including phenoxy) is 1. The molecule has 0 aliphatic carbocycles. The van der Waals surface area contributed by atoms with Crippen LogP contribution in [0.4, 0.5) is 0 Å². The normalized spacial score (nSPS) is 10.4. The molecule has 2 aromatic heterocycles. The third-order valence-electron chi connectivity index (χ3n) is 1.78. The zero-order valence-electron chi connectivity index (χ0n) is 8.75. The summed E-state index contributed by atoms with van der Waals surface area (Å²) in [6.45, 7) is 1.99. The quantitative estimate of drug-likeness (QED) is 0.665. The molecule has 0 atom stereocenters. The summed E-state index contributed by atoms with van der Waals surface area (Å²) < 4.78 is 10.7. The van der Waals surface area contributed by atoms with Crippen LogP contribution < -0.4 is 0 Å². The Bertz CT molecular complexity index is 503. The van der Waals surface area contributed by atoms with Gasteiger partial charge < -0.3 is 9.26 Å². The van der Waals surface area contributed by atoms with Crippen molar-refractivity contribution in [1.82, 2.24) is 24.9 Å². The first-order valence-corrected chi connectivity index (χ1v) is 4.46. The second kappa shape index (κ2) is 4.09. The van der Waals surface area contributed by atoms with Crippen LogP contribution in [0.15, 0.2) is 10.9 Å². The molecule has 0 bridgehead atoms. The highest BCUT2D eigenvalue weighted by molar-refractivity contribution is 5.84. The Labute approximate surface area is 90.2 Å². The van der Waals surface area contributed by atoms with Crippen LogP contribution in [0.25, 0.3) is 0 Å². The Hall–Kier alpha value is -2.25. The Morgan fingerprint density at radius 3 is 3.06 bits per heavy atom. The molecule has 0 aliphatic rings. The van der Waals surface area contributed by atoms with E-state index in [4.69, 9.17) is 4.52 Å².